The monoisotopic (exact) mass is 250 g/mol. The zero-order valence-corrected chi connectivity index (χ0v) is 10.8. The van der Waals surface area contributed by atoms with E-state index in [0.29, 0.717) is 5.92 Å². The standard InChI is InChI=1S/C14H19FN2O/c1-9-7-13(15)12(14(18)16-2)8-11(9)10-3-5-17-6-4-10/h7-8,10,17H,3-6H2,1-2H3,(H,16,18). The number of nitrogens with one attached hydrogen (secondary N) is 2. The molecule has 0 bridgehead atoms. The number of carbonyl (C=O) groups is 1. The Balaban J connectivity index is 2.37. The van der Waals surface area contributed by atoms with Crippen LogP contribution in [0.25, 0.3) is 0 Å². The predicted octanol–water partition coefficient (Wildman–Crippen LogP) is 1.96. The Morgan fingerprint density at radius 3 is 2.67 bits per heavy atom. The van der Waals surface area contributed by atoms with Crippen molar-refractivity contribution >= 4 is 5.91 Å². The first-order chi connectivity index (χ1) is 8.63. The second kappa shape index (κ2) is 5.48. The Bertz CT molecular complexity index is 453. The Labute approximate surface area is 107 Å². The Morgan fingerprint density at radius 1 is 1.39 bits per heavy atom. The third-order valence-corrected chi connectivity index (χ3v) is 3.61. The first-order valence-electron chi connectivity index (χ1n) is 6.36. The summed E-state index contributed by atoms with van der Waals surface area (Å²) < 4.78 is 13.8. The molecule has 18 heavy (non-hydrogen) atoms. The summed E-state index contributed by atoms with van der Waals surface area (Å²) in [5.74, 6) is -0.373. The van der Waals surface area contributed by atoms with Crippen LogP contribution < -0.4 is 10.6 Å². The first-order valence-corrected chi connectivity index (χ1v) is 6.36. The van der Waals surface area contributed by atoms with Crippen LogP contribution in [0.4, 0.5) is 4.39 Å². The molecule has 2 rings (SSSR count). The summed E-state index contributed by atoms with van der Waals surface area (Å²) in [7, 11) is 1.52. The van der Waals surface area contributed by atoms with E-state index in [1.54, 1.807) is 6.07 Å². The molecule has 1 heterocycles. The fourth-order valence-corrected chi connectivity index (χ4v) is 2.57. The molecule has 0 saturated carbocycles. The second-order valence-electron chi connectivity index (χ2n) is 4.79. The van der Waals surface area contributed by atoms with E-state index in [0.717, 1.165) is 37.1 Å². The first kappa shape index (κ1) is 13.0. The molecule has 0 aliphatic carbocycles. The van der Waals surface area contributed by atoms with Crippen molar-refractivity contribution in [2.45, 2.75) is 25.7 Å². The maximum absolute atomic E-state index is 13.8. The van der Waals surface area contributed by atoms with Gasteiger partial charge in [-0.3, -0.25) is 4.79 Å². The van der Waals surface area contributed by atoms with E-state index < -0.39 is 5.82 Å². The zero-order chi connectivity index (χ0) is 13.1. The van der Waals surface area contributed by atoms with Crippen molar-refractivity contribution in [3.05, 3.63) is 34.6 Å². The number of hydrogen-bond donors (Lipinski definition) is 2. The maximum atomic E-state index is 13.8. The molecule has 3 nitrogen and oxygen atoms in total. The van der Waals surface area contributed by atoms with Gasteiger partial charge in [-0.05, 0) is 62.0 Å². The SMILES string of the molecule is CNC(=O)c1cc(C2CCNCC2)c(C)cc1F. The molecule has 1 amide bonds. The fourth-order valence-electron chi connectivity index (χ4n) is 2.57. The summed E-state index contributed by atoms with van der Waals surface area (Å²) in [6.07, 6.45) is 2.08. The minimum absolute atomic E-state index is 0.150. The maximum Gasteiger partial charge on any atom is 0.254 e. The lowest BCUT2D eigenvalue weighted by Crippen LogP contribution is -2.27. The third kappa shape index (κ3) is 2.53. The average Bonchev–Trinajstić information content (AvgIpc) is 2.39. The van der Waals surface area contributed by atoms with E-state index in [1.807, 2.05) is 6.92 Å². The second-order valence-corrected chi connectivity index (χ2v) is 4.79. The largest absolute Gasteiger partial charge is 0.355 e. The molecular weight excluding hydrogens is 231 g/mol. The van der Waals surface area contributed by atoms with Crippen molar-refractivity contribution in [1.29, 1.82) is 0 Å². The lowest BCUT2D eigenvalue weighted by Gasteiger charge is -2.25. The van der Waals surface area contributed by atoms with Crippen molar-refractivity contribution < 1.29 is 9.18 Å². The number of amides is 1. The molecule has 1 fully saturated rings. The summed E-state index contributed by atoms with van der Waals surface area (Å²) >= 11 is 0. The molecule has 0 aromatic heterocycles. The van der Waals surface area contributed by atoms with Crippen molar-refractivity contribution in [1.82, 2.24) is 10.6 Å². The number of piperidine rings is 1. The van der Waals surface area contributed by atoms with Crippen LogP contribution in [0.2, 0.25) is 0 Å². The molecule has 1 aromatic carbocycles. The van der Waals surface area contributed by atoms with Crippen LogP contribution in [0.5, 0.6) is 0 Å². The Morgan fingerprint density at radius 2 is 2.06 bits per heavy atom. The van der Waals surface area contributed by atoms with Gasteiger partial charge in [0.05, 0.1) is 5.56 Å². The summed E-state index contributed by atoms with van der Waals surface area (Å²) in [6.45, 7) is 3.88. The topological polar surface area (TPSA) is 41.1 Å². The van der Waals surface area contributed by atoms with Crippen LogP contribution in [-0.2, 0) is 0 Å². The van der Waals surface area contributed by atoms with Crippen LogP contribution in [0.3, 0.4) is 0 Å². The van der Waals surface area contributed by atoms with E-state index in [1.165, 1.54) is 13.1 Å². The number of halogens is 1. The summed E-state index contributed by atoms with van der Waals surface area (Å²) in [5.41, 5.74) is 2.19. The van der Waals surface area contributed by atoms with E-state index in [9.17, 15) is 9.18 Å². The van der Waals surface area contributed by atoms with E-state index in [2.05, 4.69) is 10.6 Å². The van der Waals surface area contributed by atoms with Crippen LogP contribution in [0, 0.1) is 12.7 Å². The molecule has 0 unspecified atom stereocenters. The average molecular weight is 250 g/mol. The molecule has 1 saturated heterocycles. The third-order valence-electron chi connectivity index (χ3n) is 3.61. The highest BCUT2D eigenvalue weighted by Crippen LogP contribution is 2.29. The quantitative estimate of drug-likeness (QED) is 0.842. The number of hydrogen-bond acceptors (Lipinski definition) is 2. The molecule has 0 spiro atoms. The lowest BCUT2D eigenvalue weighted by atomic mass is 9.86. The van der Waals surface area contributed by atoms with Gasteiger partial charge in [0.25, 0.3) is 5.91 Å². The lowest BCUT2D eigenvalue weighted by molar-refractivity contribution is 0.0959. The number of rotatable bonds is 2. The minimum Gasteiger partial charge on any atom is -0.355 e. The predicted molar refractivity (Wildman–Crippen MR) is 69.4 cm³/mol. The van der Waals surface area contributed by atoms with Crippen molar-refractivity contribution in [3.8, 4) is 0 Å². The van der Waals surface area contributed by atoms with E-state index >= 15 is 0 Å². The smallest absolute Gasteiger partial charge is 0.254 e. The number of benzene rings is 1. The fraction of sp³-hybridized carbons (Fsp3) is 0.500. The highest BCUT2D eigenvalue weighted by Gasteiger charge is 2.20. The van der Waals surface area contributed by atoms with Gasteiger partial charge in [-0.25, -0.2) is 4.39 Å². The molecule has 2 N–H and O–H groups in total. The van der Waals surface area contributed by atoms with Gasteiger partial charge in [0, 0.05) is 7.05 Å². The Kier molecular flexibility index (Phi) is 3.97. The van der Waals surface area contributed by atoms with Gasteiger partial charge in [0.2, 0.25) is 0 Å². The highest BCUT2D eigenvalue weighted by atomic mass is 19.1. The zero-order valence-electron chi connectivity index (χ0n) is 10.8. The van der Waals surface area contributed by atoms with Gasteiger partial charge in [-0.15, -0.1) is 0 Å². The van der Waals surface area contributed by atoms with Crippen LogP contribution in [0.15, 0.2) is 12.1 Å². The summed E-state index contributed by atoms with van der Waals surface area (Å²) in [5, 5.41) is 5.79. The van der Waals surface area contributed by atoms with Gasteiger partial charge in [0.1, 0.15) is 5.82 Å². The van der Waals surface area contributed by atoms with Gasteiger partial charge < -0.3 is 10.6 Å². The normalized spacial score (nSPS) is 16.6. The summed E-state index contributed by atoms with van der Waals surface area (Å²) in [6, 6.07) is 3.20. The van der Waals surface area contributed by atoms with Crippen LogP contribution >= 0.6 is 0 Å². The van der Waals surface area contributed by atoms with E-state index in [-0.39, 0.29) is 11.5 Å². The molecular formula is C14H19FN2O. The summed E-state index contributed by atoms with van der Waals surface area (Å²) in [4.78, 5) is 11.6. The van der Waals surface area contributed by atoms with Gasteiger partial charge in [-0.1, -0.05) is 0 Å². The molecule has 0 atom stereocenters. The molecule has 1 aliphatic rings. The van der Waals surface area contributed by atoms with E-state index in [4.69, 9.17) is 0 Å². The number of aryl methyl sites for hydroxylation is 1. The highest BCUT2D eigenvalue weighted by molar-refractivity contribution is 5.94. The van der Waals surface area contributed by atoms with Gasteiger partial charge >= 0.3 is 0 Å². The molecule has 1 aromatic rings. The Hall–Kier alpha value is -1.42. The van der Waals surface area contributed by atoms with Gasteiger partial charge in [0.15, 0.2) is 0 Å². The molecule has 98 valence electrons. The van der Waals surface area contributed by atoms with Gasteiger partial charge in [-0.2, -0.15) is 0 Å². The van der Waals surface area contributed by atoms with Crippen LogP contribution in [0.1, 0.15) is 40.2 Å². The molecule has 0 radical (unpaired) electrons. The molecule has 1 aliphatic heterocycles. The van der Waals surface area contributed by atoms with Crippen molar-refractivity contribution in [3.63, 3.8) is 0 Å². The van der Waals surface area contributed by atoms with Crippen molar-refractivity contribution in [2.24, 2.45) is 0 Å². The number of carbonyl (C=O) groups excluding carboxylic acids is 1. The van der Waals surface area contributed by atoms with Crippen molar-refractivity contribution in [2.75, 3.05) is 20.1 Å². The molecule has 4 heteroatoms. The minimum atomic E-state index is -0.440. The van der Waals surface area contributed by atoms with Crippen LogP contribution in [-0.4, -0.2) is 26.0 Å².